The van der Waals surface area contributed by atoms with Gasteiger partial charge in [0.2, 0.25) is 0 Å². The molecule has 0 aromatic rings. The van der Waals surface area contributed by atoms with E-state index in [0.717, 1.165) is 6.42 Å². The van der Waals surface area contributed by atoms with Crippen molar-refractivity contribution in [3.05, 3.63) is 0 Å². The van der Waals surface area contributed by atoms with Crippen molar-refractivity contribution in [2.45, 2.75) is 31.7 Å². The van der Waals surface area contributed by atoms with Gasteiger partial charge in [-0.3, -0.25) is 4.79 Å². The Labute approximate surface area is 107 Å². The van der Waals surface area contributed by atoms with Crippen molar-refractivity contribution in [2.75, 3.05) is 20.3 Å². The molecule has 0 aromatic carbocycles. The lowest BCUT2D eigenvalue weighted by atomic mass is 9.86. The van der Waals surface area contributed by atoms with Gasteiger partial charge in [-0.1, -0.05) is 6.42 Å². The molecule has 106 valence electrons. The molecule has 1 rings (SSSR count). The van der Waals surface area contributed by atoms with Crippen LogP contribution in [0.5, 0.6) is 0 Å². The second-order valence-electron chi connectivity index (χ2n) is 4.41. The van der Waals surface area contributed by atoms with Crippen LogP contribution in [0.3, 0.4) is 0 Å². The summed E-state index contributed by atoms with van der Waals surface area (Å²) < 4.78 is 32.8. The van der Waals surface area contributed by atoms with Crippen molar-refractivity contribution >= 4 is 16.2 Å². The first-order valence-electron chi connectivity index (χ1n) is 5.93. The maximum atomic E-state index is 11.6. The van der Waals surface area contributed by atoms with E-state index in [2.05, 4.69) is 9.44 Å². The fourth-order valence-corrected chi connectivity index (χ4v) is 3.15. The maximum absolute atomic E-state index is 11.6. The molecular weight excluding hydrogens is 260 g/mol. The van der Waals surface area contributed by atoms with Gasteiger partial charge >= 0.3 is 5.97 Å². The zero-order valence-corrected chi connectivity index (χ0v) is 11.2. The molecule has 8 heteroatoms. The van der Waals surface area contributed by atoms with Gasteiger partial charge in [0.05, 0.1) is 12.5 Å². The van der Waals surface area contributed by atoms with Crippen LogP contribution in [-0.2, 0) is 19.7 Å². The van der Waals surface area contributed by atoms with Crippen LogP contribution in [0.2, 0.25) is 0 Å². The molecule has 7 nitrogen and oxygen atoms in total. The van der Waals surface area contributed by atoms with Crippen molar-refractivity contribution in [2.24, 2.45) is 5.92 Å². The minimum absolute atomic E-state index is 0.195. The Balaban J connectivity index is 2.43. The number of nitrogens with one attached hydrogen (secondary N) is 2. The molecule has 0 radical (unpaired) electrons. The molecule has 0 aliphatic heterocycles. The number of hydrogen-bond acceptors (Lipinski definition) is 4. The van der Waals surface area contributed by atoms with Crippen molar-refractivity contribution in [1.82, 2.24) is 9.44 Å². The molecule has 0 amide bonds. The Kier molecular flexibility index (Phi) is 6.00. The highest BCUT2D eigenvalue weighted by Crippen LogP contribution is 2.24. The third-order valence-electron chi connectivity index (χ3n) is 2.94. The molecule has 18 heavy (non-hydrogen) atoms. The van der Waals surface area contributed by atoms with Crippen LogP contribution < -0.4 is 9.44 Å². The Morgan fingerprint density at radius 3 is 2.78 bits per heavy atom. The van der Waals surface area contributed by atoms with Crippen molar-refractivity contribution in [1.29, 1.82) is 0 Å². The highest BCUT2D eigenvalue weighted by molar-refractivity contribution is 7.87. The van der Waals surface area contributed by atoms with Gasteiger partial charge in [0.25, 0.3) is 10.2 Å². The first-order valence-corrected chi connectivity index (χ1v) is 7.41. The van der Waals surface area contributed by atoms with Gasteiger partial charge in [-0.25, -0.2) is 0 Å². The number of aliphatic carboxylic acids is 1. The Morgan fingerprint density at radius 1 is 1.44 bits per heavy atom. The molecule has 0 saturated heterocycles. The molecule has 3 N–H and O–H groups in total. The Bertz CT molecular complexity index is 370. The molecule has 0 aromatic heterocycles. The molecule has 2 atom stereocenters. The number of ether oxygens (including phenoxy) is 1. The van der Waals surface area contributed by atoms with Crippen molar-refractivity contribution in [3.63, 3.8) is 0 Å². The van der Waals surface area contributed by atoms with E-state index in [-0.39, 0.29) is 12.6 Å². The highest BCUT2D eigenvalue weighted by atomic mass is 32.2. The monoisotopic (exact) mass is 280 g/mol. The topological polar surface area (TPSA) is 105 Å². The number of methoxy groups -OCH3 is 1. The molecule has 0 bridgehead atoms. The van der Waals surface area contributed by atoms with Gasteiger partial charge in [0, 0.05) is 19.7 Å². The molecule has 1 aliphatic carbocycles. The van der Waals surface area contributed by atoms with Crippen LogP contribution in [0.4, 0.5) is 0 Å². The van der Waals surface area contributed by atoms with Gasteiger partial charge in [-0.2, -0.15) is 17.9 Å². The molecule has 1 saturated carbocycles. The zero-order chi connectivity index (χ0) is 13.6. The molecule has 1 aliphatic rings. The fourth-order valence-electron chi connectivity index (χ4n) is 2.06. The summed E-state index contributed by atoms with van der Waals surface area (Å²) in [4.78, 5) is 10.9. The third-order valence-corrected chi connectivity index (χ3v) is 4.17. The summed E-state index contributed by atoms with van der Waals surface area (Å²) in [6, 6.07) is -0.306. The van der Waals surface area contributed by atoms with Gasteiger partial charge in [-0.15, -0.1) is 0 Å². The zero-order valence-electron chi connectivity index (χ0n) is 10.4. The van der Waals surface area contributed by atoms with Crippen molar-refractivity contribution < 1.29 is 23.1 Å². The Morgan fingerprint density at radius 2 is 2.17 bits per heavy atom. The van der Waals surface area contributed by atoms with E-state index in [4.69, 9.17) is 9.84 Å². The summed E-state index contributed by atoms with van der Waals surface area (Å²) in [6.45, 7) is 0.490. The van der Waals surface area contributed by atoms with E-state index >= 15 is 0 Å². The molecule has 2 unspecified atom stereocenters. The van der Waals surface area contributed by atoms with E-state index in [1.54, 1.807) is 0 Å². The number of carboxylic acids is 1. The highest BCUT2D eigenvalue weighted by Gasteiger charge is 2.29. The van der Waals surface area contributed by atoms with E-state index in [0.29, 0.717) is 25.9 Å². The number of carbonyl (C=O) groups is 1. The smallest absolute Gasteiger partial charge is 0.306 e. The summed E-state index contributed by atoms with van der Waals surface area (Å²) in [5.41, 5.74) is 0. The van der Waals surface area contributed by atoms with E-state index in [1.165, 1.54) is 7.11 Å². The quantitative estimate of drug-likeness (QED) is 0.555. The summed E-state index contributed by atoms with van der Waals surface area (Å²) in [6.07, 6.45) is 2.36. The van der Waals surface area contributed by atoms with Crippen LogP contribution in [0.1, 0.15) is 25.7 Å². The predicted molar refractivity (Wildman–Crippen MR) is 65.3 cm³/mol. The number of hydrogen-bond donors (Lipinski definition) is 3. The minimum Gasteiger partial charge on any atom is -0.481 e. The van der Waals surface area contributed by atoms with Gasteiger partial charge in [0.15, 0.2) is 0 Å². The van der Waals surface area contributed by atoms with Crippen LogP contribution in [0, 0.1) is 5.92 Å². The first kappa shape index (κ1) is 15.4. The van der Waals surface area contributed by atoms with Gasteiger partial charge in [0.1, 0.15) is 0 Å². The second kappa shape index (κ2) is 7.03. The molecular formula is C10H20N2O5S. The van der Waals surface area contributed by atoms with E-state index < -0.39 is 22.1 Å². The summed E-state index contributed by atoms with van der Waals surface area (Å²) >= 11 is 0. The normalized spacial score (nSPS) is 24.9. The lowest BCUT2D eigenvalue weighted by Crippen LogP contribution is -2.46. The lowest BCUT2D eigenvalue weighted by Gasteiger charge is -2.27. The van der Waals surface area contributed by atoms with Gasteiger partial charge in [-0.05, 0) is 19.3 Å². The lowest BCUT2D eigenvalue weighted by molar-refractivity contribution is -0.143. The first-order chi connectivity index (χ1) is 8.44. The van der Waals surface area contributed by atoms with Crippen LogP contribution >= 0.6 is 0 Å². The summed E-state index contributed by atoms with van der Waals surface area (Å²) in [5.74, 6) is -1.31. The minimum atomic E-state index is -3.58. The average Bonchev–Trinajstić information content (AvgIpc) is 2.28. The second-order valence-corrected chi connectivity index (χ2v) is 5.94. The third kappa shape index (κ3) is 5.30. The largest absolute Gasteiger partial charge is 0.481 e. The van der Waals surface area contributed by atoms with Crippen LogP contribution in [0.25, 0.3) is 0 Å². The van der Waals surface area contributed by atoms with E-state index in [9.17, 15) is 13.2 Å². The maximum Gasteiger partial charge on any atom is 0.306 e. The predicted octanol–water partition coefficient (Wildman–Crippen LogP) is -0.300. The average molecular weight is 280 g/mol. The van der Waals surface area contributed by atoms with Crippen LogP contribution in [-0.4, -0.2) is 45.8 Å². The fraction of sp³-hybridized carbons (Fsp3) is 0.900. The SMILES string of the molecule is COCCNS(=O)(=O)NC1CCCC(C(=O)O)C1. The van der Waals surface area contributed by atoms with Gasteiger partial charge < -0.3 is 9.84 Å². The Hall–Kier alpha value is -0.700. The van der Waals surface area contributed by atoms with Crippen molar-refractivity contribution in [3.8, 4) is 0 Å². The summed E-state index contributed by atoms with van der Waals surface area (Å²) in [7, 11) is -2.09. The molecule has 0 spiro atoms. The molecule has 0 heterocycles. The standard InChI is InChI=1S/C10H20N2O5S/c1-17-6-5-11-18(15,16)12-9-4-2-3-8(7-9)10(13)14/h8-9,11-12H,2-7H2,1H3,(H,13,14). The molecule has 1 fully saturated rings. The van der Waals surface area contributed by atoms with Crippen LogP contribution in [0.15, 0.2) is 0 Å². The number of rotatable bonds is 7. The number of carboxylic acid groups (broad SMARTS) is 1. The van der Waals surface area contributed by atoms with E-state index in [1.807, 2.05) is 0 Å². The summed E-state index contributed by atoms with van der Waals surface area (Å²) in [5, 5.41) is 8.92.